The van der Waals surface area contributed by atoms with Crippen LogP contribution < -0.4 is 5.32 Å². The van der Waals surface area contributed by atoms with Crippen molar-refractivity contribution in [3.63, 3.8) is 0 Å². The topological polar surface area (TPSA) is 84.2 Å². The van der Waals surface area contributed by atoms with Gasteiger partial charge >= 0.3 is 5.97 Å². The predicted molar refractivity (Wildman–Crippen MR) is 125 cm³/mol. The largest absolute Gasteiger partial charge is 0.481 e. The van der Waals surface area contributed by atoms with Gasteiger partial charge in [0.2, 0.25) is 0 Å². The van der Waals surface area contributed by atoms with Crippen molar-refractivity contribution in [1.29, 1.82) is 0 Å². The molecular formula is C23H23BrClN3O3. The quantitative estimate of drug-likeness (QED) is 0.433. The molecule has 3 rings (SSSR count). The number of hydrogen-bond acceptors (Lipinski definition) is 3. The Morgan fingerprint density at radius 2 is 1.84 bits per heavy atom. The van der Waals surface area contributed by atoms with Crippen molar-refractivity contribution in [2.24, 2.45) is 0 Å². The number of aryl methyl sites for hydroxylation is 1. The molecule has 0 atom stereocenters. The van der Waals surface area contributed by atoms with E-state index in [1.54, 1.807) is 18.2 Å². The molecular weight excluding hydrogens is 482 g/mol. The molecule has 0 saturated carbocycles. The molecule has 3 aromatic rings. The molecule has 0 radical (unpaired) electrons. The molecule has 0 fully saturated rings. The molecule has 0 spiro atoms. The smallest absolute Gasteiger partial charge is 0.307 e. The van der Waals surface area contributed by atoms with Crippen LogP contribution in [-0.2, 0) is 30.6 Å². The van der Waals surface area contributed by atoms with E-state index in [4.69, 9.17) is 11.6 Å². The van der Waals surface area contributed by atoms with E-state index in [9.17, 15) is 14.7 Å². The normalized spacial score (nSPS) is 10.8. The van der Waals surface area contributed by atoms with Gasteiger partial charge in [-0.1, -0.05) is 37.6 Å². The maximum atomic E-state index is 12.5. The number of carboxylic acid groups (broad SMARTS) is 1. The summed E-state index contributed by atoms with van der Waals surface area (Å²) in [5, 5.41) is 17.3. The van der Waals surface area contributed by atoms with Crippen LogP contribution in [0.25, 0.3) is 0 Å². The zero-order chi connectivity index (χ0) is 22.5. The first-order chi connectivity index (χ1) is 14.8. The Morgan fingerprint density at radius 1 is 1.13 bits per heavy atom. The van der Waals surface area contributed by atoms with Crippen LogP contribution in [0.5, 0.6) is 0 Å². The Kier molecular flexibility index (Phi) is 7.51. The molecule has 31 heavy (non-hydrogen) atoms. The van der Waals surface area contributed by atoms with Crippen molar-refractivity contribution < 1.29 is 14.7 Å². The number of anilines is 1. The first kappa shape index (κ1) is 23.0. The number of halogens is 2. The van der Waals surface area contributed by atoms with Gasteiger partial charge in [0.05, 0.1) is 24.2 Å². The van der Waals surface area contributed by atoms with E-state index in [1.807, 2.05) is 42.8 Å². The number of rotatable bonds is 8. The maximum absolute atomic E-state index is 12.5. The number of amides is 1. The number of nitrogens with one attached hydrogen (secondary N) is 1. The van der Waals surface area contributed by atoms with E-state index < -0.39 is 5.97 Å². The summed E-state index contributed by atoms with van der Waals surface area (Å²) < 4.78 is 2.51. The van der Waals surface area contributed by atoms with Crippen LogP contribution in [0.4, 0.5) is 5.69 Å². The molecule has 1 heterocycles. The highest BCUT2D eigenvalue weighted by Gasteiger charge is 2.18. The van der Waals surface area contributed by atoms with Gasteiger partial charge < -0.3 is 10.4 Å². The number of nitrogens with zero attached hydrogens (tertiary/aromatic N) is 2. The van der Waals surface area contributed by atoms with Gasteiger partial charge in [-0.25, -0.2) is 0 Å². The first-order valence-corrected chi connectivity index (χ1v) is 11.1. The van der Waals surface area contributed by atoms with Crippen molar-refractivity contribution in [2.45, 2.75) is 39.7 Å². The van der Waals surface area contributed by atoms with E-state index in [2.05, 4.69) is 26.3 Å². The minimum Gasteiger partial charge on any atom is -0.481 e. The Bertz CT molecular complexity index is 1110. The van der Waals surface area contributed by atoms with Gasteiger partial charge in [-0.05, 0) is 64.7 Å². The van der Waals surface area contributed by atoms with Crippen LogP contribution in [0.3, 0.4) is 0 Å². The van der Waals surface area contributed by atoms with Gasteiger partial charge in [-0.3, -0.25) is 14.3 Å². The fraction of sp³-hybridized carbons (Fsp3) is 0.261. The molecule has 1 aromatic heterocycles. The zero-order valence-electron chi connectivity index (χ0n) is 17.3. The molecule has 6 nitrogen and oxygen atoms in total. The second-order valence-corrected chi connectivity index (χ2v) is 8.37. The summed E-state index contributed by atoms with van der Waals surface area (Å²) in [6, 6.07) is 12.5. The summed E-state index contributed by atoms with van der Waals surface area (Å²) in [6.07, 6.45) is 1.38. The van der Waals surface area contributed by atoms with Gasteiger partial charge in [-0.2, -0.15) is 5.10 Å². The third-order valence-electron chi connectivity index (χ3n) is 4.97. The second-order valence-electron chi connectivity index (χ2n) is 7.08. The highest BCUT2D eigenvalue weighted by atomic mass is 79.9. The number of carbonyl (C=O) groups is 2. The standard InChI is InChI=1S/C23H23BrClN3O3/c1-3-20-18(12-22(29)30)21(4-2)28(27-20)13-14-5-8-16(9-6-14)26-23(31)17-10-7-15(25)11-19(17)24/h5-11H,3-4,12-13H2,1-2H3,(H,26,31)(H,29,30). The van der Waals surface area contributed by atoms with Gasteiger partial charge in [0.15, 0.2) is 0 Å². The first-order valence-electron chi connectivity index (χ1n) is 9.96. The van der Waals surface area contributed by atoms with Crippen LogP contribution in [0, 0.1) is 0 Å². The Hall–Kier alpha value is -2.64. The second kappa shape index (κ2) is 10.1. The van der Waals surface area contributed by atoms with Crippen LogP contribution >= 0.6 is 27.5 Å². The SMILES string of the molecule is CCc1nn(Cc2ccc(NC(=O)c3ccc(Cl)cc3Br)cc2)c(CC)c1CC(=O)O. The van der Waals surface area contributed by atoms with Gasteiger partial charge in [-0.15, -0.1) is 0 Å². The minimum absolute atomic E-state index is 0.0163. The lowest BCUT2D eigenvalue weighted by Gasteiger charge is -2.10. The van der Waals surface area contributed by atoms with E-state index in [0.29, 0.717) is 40.1 Å². The minimum atomic E-state index is -0.851. The monoisotopic (exact) mass is 503 g/mol. The molecule has 2 N–H and O–H groups in total. The van der Waals surface area contributed by atoms with Crippen molar-refractivity contribution in [3.05, 3.63) is 80.0 Å². The summed E-state index contributed by atoms with van der Waals surface area (Å²) in [7, 11) is 0. The van der Waals surface area contributed by atoms with E-state index >= 15 is 0 Å². The number of carboxylic acids is 1. The fourth-order valence-corrected chi connectivity index (χ4v) is 4.36. The van der Waals surface area contributed by atoms with Crippen molar-refractivity contribution in [3.8, 4) is 0 Å². The lowest BCUT2D eigenvalue weighted by Crippen LogP contribution is -2.12. The highest BCUT2D eigenvalue weighted by molar-refractivity contribution is 9.10. The van der Waals surface area contributed by atoms with Crippen LogP contribution in [0.1, 0.15) is 46.7 Å². The maximum Gasteiger partial charge on any atom is 0.307 e. The van der Waals surface area contributed by atoms with Crippen LogP contribution in [0.2, 0.25) is 5.02 Å². The molecule has 0 aliphatic heterocycles. The third-order valence-corrected chi connectivity index (χ3v) is 5.86. The zero-order valence-corrected chi connectivity index (χ0v) is 19.6. The van der Waals surface area contributed by atoms with Crippen molar-refractivity contribution in [1.82, 2.24) is 9.78 Å². The van der Waals surface area contributed by atoms with Crippen molar-refractivity contribution in [2.75, 3.05) is 5.32 Å². The predicted octanol–water partition coefficient (Wildman–Crippen LogP) is 5.35. The summed E-state index contributed by atoms with van der Waals surface area (Å²) in [5.74, 6) is -1.08. The van der Waals surface area contributed by atoms with E-state index in [0.717, 1.165) is 22.5 Å². The number of aliphatic carboxylic acids is 1. The molecule has 0 bridgehead atoms. The lowest BCUT2D eigenvalue weighted by molar-refractivity contribution is -0.136. The number of carbonyl (C=O) groups excluding carboxylic acids is 1. The lowest BCUT2D eigenvalue weighted by atomic mass is 10.1. The summed E-state index contributed by atoms with van der Waals surface area (Å²) >= 11 is 9.29. The molecule has 0 saturated heterocycles. The summed E-state index contributed by atoms with van der Waals surface area (Å²) in [6.45, 7) is 4.52. The molecule has 0 aliphatic carbocycles. The highest BCUT2D eigenvalue weighted by Crippen LogP contribution is 2.23. The third kappa shape index (κ3) is 5.54. The fourth-order valence-electron chi connectivity index (χ4n) is 3.49. The van der Waals surface area contributed by atoms with E-state index in [1.165, 1.54) is 0 Å². The summed E-state index contributed by atoms with van der Waals surface area (Å²) in [5.41, 5.74) is 4.77. The molecule has 0 unspecified atom stereocenters. The van der Waals surface area contributed by atoms with Crippen LogP contribution in [-0.4, -0.2) is 26.8 Å². The Morgan fingerprint density at radius 3 is 2.42 bits per heavy atom. The molecule has 8 heteroatoms. The average Bonchev–Trinajstić information content (AvgIpc) is 3.04. The van der Waals surface area contributed by atoms with Crippen molar-refractivity contribution >= 4 is 45.1 Å². The number of aromatic nitrogens is 2. The summed E-state index contributed by atoms with van der Waals surface area (Å²) in [4.78, 5) is 23.8. The van der Waals surface area contributed by atoms with Gasteiger partial charge in [0.1, 0.15) is 0 Å². The van der Waals surface area contributed by atoms with Crippen LogP contribution in [0.15, 0.2) is 46.9 Å². The number of benzene rings is 2. The molecule has 0 aliphatic rings. The van der Waals surface area contributed by atoms with Gasteiger partial charge in [0, 0.05) is 26.4 Å². The van der Waals surface area contributed by atoms with Gasteiger partial charge in [0.25, 0.3) is 5.91 Å². The van der Waals surface area contributed by atoms with E-state index in [-0.39, 0.29) is 12.3 Å². The Labute approximate surface area is 194 Å². The average molecular weight is 505 g/mol. The molecule has 1 amide bonds. The number of hydrogen-bond donors (Lipinski definition) is 2. The molecule has 2 aromatic carbocycles. The Balaban J connectivity index is 1.76. The molecule has 162 valence electrons.